The maximum Gasteiger partial charge on any atom is 0.193 e. The number of likely N-dealkylation sites (tertiary alicyclic amines) is 1. The second kappa shape index (κ2) is 7.63. The van der Waals surface area contributed by atoms with Crippen LogP contribution in [0.3, 0.4) is 0 Å². The number of nitrogens with zero attached hydrogens (tertiary/aromatic N) is 2. The van der Waals surface area contributed by atoms with Gasteiger partial charge in [0.15, 0.2) is 5.96 Å². The van der Waals surface area contributed by atoms with Gasteiger partial charge in [0.05, 0.1) is 6.54 Å². The van der Waals surface area contributed by atoms with Gasteiger partial charge in [-0.3, -0.25) is 4.99 Å². The molecule has 0 aromatic heterocycles. The molecule has 3 rings (SSSR count). The lowest BCUT2D eigenvalue weighted by molar-refractivity contribution is 0.235. The molecule has 0 radical (unpaired) electrons. The van der Waals surface area contributed by atoms with Crippen LogP contribution in [0, 0.1) is 0 Å². The molecule has 4 nitrogen and oxygen atoms in total. The highest BCUT2D eigenvalue weighted by atomic mass is 15.2. The third-order valence-electron chi connectivity index (χ3n) is 4.81. The van der Waals surface area contributed by atoms with Gasteiger partial charge in [0.25, 0.3) is 0 Å². The van der Waals surface area contributed by atoms with E-state index in [2.05, 4.69) is 33.4 Å². The van der Waals surface area contributed by atoms with Crippen LogP contribution in [0.5, 0.6) is 0 Å². The predicted molar refractivity (Wildman–Crippen MR) is 93.5 cm³/mol. The minimum absolute atomic E-state index is 0.552. The molecule has 0 bridgehead atoms. The molecule has 1 saturated heterocycles. The van der Waals surface area contributed by atoms with Gasteiger partial charge in [-0.1, -0.05) is 18.6 Å². The average molecular weight is 300 g/mol. The summed E-state index contributed by atoms with van der Waals surface area (Å²) in [5, 5.41) is 3.32. The minimum atomic E-state index is 0.552. The molecule has 0 spiro atoms. The number of hydrogen-bond acceptors (Lipinski definition) is 2. The van der Waals surface area contributed by atoms with Crippen molar-refractivity contribution in [1.29, 1.82) is 0 Å². The summed E-state index contributed by atoms with van der Waals surface area (Å²) in [7, 11) is 0. The predicted octanol–water partition coefficient (Wildman–Crippen LogP) is 2.78. The number of fused-ring (bicyclic) bond motifs is 1. The third kappa shape index (κ3) is 4.01. The van der Waals surface area contributed by atoms with E-state index in [0.717, 1.165) is 25.2 Å². The molecule has 1 heterocycles. The van der Waals surface area contributed by atoms with E-state index in [0.29, 0.717) is 5.96 Å². The Morgan fingerprint density at radius 3 is 2.77 bits per heavy atom. The maximum atomic E-state index is 6.07. The first-order valence-electron chi connectivity index (χ1n) is 8.73. The SMILES string of the molecule is NC(=NCCN1CCCCC1)Nc1cccc2c1CCCC2. The van der Waals surface area contributed by atoms with E-state index in [4.69, 9.17) is 5.73 Å². The molecule has 1 aliphatic heterocycles. The molecule has 1 fully saturated rings. The lowest BCUT2D eigenvalue weighted by atomic mass is 9.90. The van der Waals surface area contributed by atoms with Gasteiger partial charge < -0.3 is 16.0 Å². The number of anilines is 1. The van der Waals surface area contributed by atoms with Crippen LogP contribution >= 0.6 is 0 Å². The van der Waals surface area contributed by atoms with Gasteiger partial charge in [-0.25, -0.2) is 0 Å². The van der Waals surface area contributed by atoms with E-state index < -0.39 is 0 Å². The Hall–Kier alpha value is -1.55. The first kappa shape index (κ1) is 15.3. The number of nitrogens with one attached hydrogen (secondary N) is 1. The van der Waals surface area contributed by atoms with Crippen molar-refractivity contribution in [1.82, 2.24) is 4.90 Å². The number of piperidine rings is 1. The standard InChI is InChI=1S/C18H28N4/c19-18(20-11-14-22-12-4-1-5-13-22)21-17-10-6-8-15-7-2-3-9-16(15)17/h6,8,10H,1-5,7,9,11-14H2,(H3,19,20,21). The van der Waals surface area contributed by atoms with Gasteiger partial charge >= 0.3 is 0 Å². The van der Waals surface area contributed by atoms with Crippen molar-refractivity contribution in [3.05, 3.63) is 29.3 Å². The van der Waals surface area contributed by atoms with E-state index in [1.807, 2.05) is 0 Å². The fourth-order valence-corrected chi connectivity index (χ4v) is 3.57. The molecule has 0 unspecified atom stereocenters. The summed E-state index contributed by atoms with van der Waals surface area (Å²) >= 11 is 0. The molecule has 1 aliphatic carbocycles. The number of aliphatic imine (C=N–C) groups is 1. The van der Waals surface area contributed by atoms with Crippen LogP contribution in [0.15, 0.2) is 23.2 Å². The number of benzene rings is 1. The number of guanidine groups is 1. The average Bonchev–Trinajstić information content (AvgIpc) is 2.56. The molecule has 3 N–H and O–H groups in total. The monoisotopic (exact) mass is 300 g/mol. The summed E-state index contributed by atoms with van der Waals surface area (Å²) in [5.74, 6) is 0.552. The first-order chi connectivity index (χ1) is 10.8. The van der Waals surface area contributed by atoms with Gasteiger partial charge in [0, 0.05) is 12.2 Å². The van der Waals surface area contributed by atoms with Crippen molar-refractivity contribution in [2.75, 3.05) is 31.5 Å². The molecule has 0 saturated carbocycles. The summed E-state index contributed by atoms with van der Waals surface area (Å²) in [5.41, 5.74) is 10.1. The fraction of sp³-hybridized carbons (Fsp3) is 0.611. The summed E-state index contributed by atoms with van der Waals surface area (Å²) in [6.07, 6.45) is 8.95. The molecule has 2 aliphatic rings. The van der Waals surface area contributed by atoms with Gasteiger partial charge in [-0.15, -0.1) is 0 Å². The van der Waals surface area contributed by atoms with Crippen LogP contribution in [0.1, 0.15) is 43.2 Å². The first-order valence-corrected chi connectivity index (χ1v) is 8.73. The lowest BCUT2D eigenvalue weighted by Gasteiger charge is -2.25. The zero-order chi connectivity index (χ0) is 15.2. The van der Waals surface area contributed by atoms with Crippen LogP contribution in [0.2, 0.25) is 0 Å². The number of aryl methyl sites for hydroxylation is 1. The number of nitrogens with two attached hydrogens (primary N) is 1. The quantitative estimate of drug-likeness (QED) is 0.664. The van der Waals surface area contributed by atoms with E-state index in [1.165, 1.54) is 62.7 Å². The Kier molecular flexibility index (Phi) is 5.33. The molecule has 0 amide bonds. The van der Waals surface area contributed by atoms with Crippen LogP contribution in [0.25, 0.3) is 0 Å². The topological polar surface area (TPSA) is 53.6 Å². The summed E-state index contributed by atoms with van der Waals surface area (Å²) in [6.45, 7) is 4.24. The van der Waals surface area contributed by atoms with E-state index in [9.17, 15) is 0 Å². The smallest absolute Gasteiger partial charge is 0.193 e. The summed E-state index contributed by atoms with van der Waals surface area (Å²) in [6, 6.07) is 6.48. The lowest BCUT2D eigenvalue weighted by Crippen LogP contribution is -2.33. The Balaban J connectivity index is 1.54. The summed E-state index contributed by atoms with van der Waals surface area (Å²) in [4.78, 5) is 6.99. The van der Waals surface area contributed by atoms with Crippen molar-refractivity contribution in [3.8, 4) is 0 Å². The number of rotatable bonds is 4. The Labute approximate surface area is 133 Å². The van der Waals surface area contributed by atoms with Crippen LogP contribution in [0.4, 0.5) is 5.69 Å². The highest BCUT2D eigenvalue weighted by Gasteiger charge is 2.13. The van der Waals surface area contributed by atoms with Crippen LogP contribution < -0.4 is 11.1 Å². The largest absolute Gasteiger partial charge is 0.370 e. The molecule has 1 aromatic carbocycles. The Morgan fingerprint density at radius 1 is 1.09 bits per heavy atom. The number of hydrogen-bond donors (Lipinski definition) is 2. The molecule has 1 aromatic rings. The van der Waals surface area contributed by atoms with Gasteiger partial charge in [0.1, 0.15) is 0 Å². The molecular formula is C18H28N4. The van der Waals surface area contributed by atoms with Crippen LogP contribution in [-0.2, 0) is 12.8 Å². The van der Waals surface area contributed by atoms with Crippen molar-refractivity contribution in [3.63, 3.8) is 0 Å². The van der Waals surface area contributed by atoms with Crippen molar-refractivity contribution >= 4 is 11.6 Å². The van der Waals surface area contributed by atoms with Gasteiger partial charge in [0.2, 0.25) is 0 Å². The van der Waals surface area contributed by atoms with Gasteiger partial charge in [-0.2, -0.15) is 0 Å². The Bertz CT molecular complexity index is 518. The second-order valence-electron chi connectivity index (χ2n) is 6.44. The van der Waals surface area contributed by atoms with Crippen molar-refractivity contribution < 1.29 is 0 Å². The van der Waals surface area contributed by atoms with Crippen molar-refractivity contribution in [2.24, 2.45) is 10.7 Å². The van der Waals surface area contributed by atoms with Gasteiger partial charge in [-0.05, 0) is 68.8 Å². The van der Waals surface area contributed by atoms with Crippen LogP contribution in [-0.4, -0.2) is 37.0 Å². The zero-order valence-electron chi connectivity index (χ0n) is 13.5. The zero-order valence-corrected chi connectivity index (χ0v) is 13.5. The normalized spacial score (nSPS) is 19.7. The maximum absolute atomic E-state index is 6.07. The van der Waals surface area contributed by atoms with Crippen molar-refractivity contribution in [2.45, 2.75) is 44.9 Å². The van der Waals surface area contributed by atoms with E-state index >= 15 is 0 Å². The molecule has 4 heteroatoms. The molecule has 0 atom stereocenters. The minimum Gasteiger partial charge on any atom is -0.370 e. The highest BCUT2D eigenvalue weighted by molar-refractivity contribution is 5.93. The molecule has 120 valence electrons. The second-order valence-corrected chi connectivity index (χ2v) is 6.44. The summed E-state index contributed by atoms with van der Waals surface area (Å²) < 4.78 is 0. The van der Waals surface area contributed by atoms with E-state index in [-0.39, 0.29) is 0 Å². The highest BCUT2D eigenvalue weighted by Crippen LogP contribution is 2.27. The third-order valence-corrected chi connectivity index (χ3v) is 4.81. The molecule has 22 heavy (non-hydrogen) atoms. The Morgan fingerprint density at radius 2 is 1.91 bits per heavy atom. The fourth-order valence-electron chi connectivity index (χ4n) is 3.57. The molecular weight excluding hydrogens is 272 g/mol. The van der Waals surface area contributed by atoms with E-state index in [1.54, 1.807) is 0 Å².